The Hall–Kier alpha value is -1.71. The van der Waals surface area contributed by atoms with Crippen molar-refractivity contribution in [1.29, 1.82) is 0 Å². The zero-order chi connectivity index (χ0) is 15.6. The number of nitrogens with one attached hydrogen (secondary N) is 1. The molecule has 114 valence electrons. The molecule has 1 heterocycles. The fourth-order valence-corrected chi connectivity index (χ4v) is 3.35. The highest BCUT2D eigenvalue weighted by molar-refractivity contribution is 7.89. The third-order valence-electron chi connectivity index (χ3n) is 2.79. The molecule has 0 bridgehead atoms. The summed E-state index contributed by atoms with van der Waals surface area (Å²) in [7, 11) is -4.09. The van der Waals surface area contributed by atoms with Gasteiger partial charge in [0, 0.05) is 0 Å². The van der Waals surface area contributed by atoms with Crippen molar-refractivity contribution >= 4 is 38.6 Å². The van der Waals surface area contributed by atoms with Gasteiger partial charge in [0.1, 0.15) is 10.9 Å². The minimum Gasteiger partial charge on any atom is -0.480 e. The number of halogens is 1. The van der Waals surface area contributed by atoms with Crippen LogP contribution < -0.4 is 4.72 Å². The average Bonchev–Trinajstić information content (AvgIpc) is 2.88. The third-order valence-corrected chi connectivity index (χ3v) is 4.60. The number of hydrogen-bond donors (Lipinski definition) is 2. The lowest BCUT2D eigenvalue weighted by Gasteiger charge is -2.13. The van der Waals surface area contributed by atoms with Crippen LogP contribution in [0.1, 0.15) is 19.8 Å². The molecule has 1 unspecified atom stereocenters. The average molecular weight is 334 g/mol. The number of aliphatic carboxylic acids is 1. The van der Waals surface area contributed by atoms with Crippen LogP contribution in [0.5, 0.6) is 0 Å². The first-order valence-corrected chi connectivity index (χ1v) is 7.89. The maximum Gasteiger partial charge on any atom is 0.321 e. The van der Waals surface area contributed by atoms with E-state index in [2.05, 4.69) is 19.7 Å². The predicted octanol–water partition coefficient (Wildman–Crippen LogP) is 1.41. The van der Waals surface area contributed by atoms with Crippen molar-refractivity contribution in [3.63, 3.8) is 0 Å². The van der Waals surface area contributed by atoms with Gasteiger partial charge in [-0.05, 0) is 28.9 Å². The summed E-state index contributed by atoms with van der Waals surface area (Å²) in [5, 5.41) is 16.2. The monoisotopic (exact) mass is 333 g/mol. The van der Waals surface area contributed by atoms with E-state index >= 15 is 0 Å². The number of sulfonamides is 1. The first-order chi connectivity index (χ1) is 9.86. The van der Waals surface area contributed by atoms with E-state index < -0.39 is 22.0 Å². The van der Waals surface area contributed by atoms with Crippen molar-refractivity contribution < 1.29 is 22.9 Å². The summed E-state index contributed by atoms with van der Waals surface area (Å²) < 4.78 is 31.3. The van der Waals surface area contributed by atoms with Gasteiger partial charge in [-0.15, -0.1) is 0 Å². The number of carbonyl (C=O) groups is 1. The summed E-state index contributed by atoms with van der Waals surface area (Å²) in [6, 6.07) is 1.34. The number of hydrogen-bond acceptors (Lipinski definition) is 6. The second-order valence-electron chi connectivity index (χ2n) is 4.31. The Morgan fingerprint density at radius 2 is 2.10 bits per heavy atom. The van der Waals surface area contributed by atoms with E-state index in [-0.39, 0.29) is 27.4 Å². The van der Waals surface area contributed by atoms with Gasteiger partial charge >= 0.3 is 5.97 Å². The third kappa shape index (κ3) is 3.14. The van der Waals surface area contributed by atoms with Gasteiger partial charge in [-0.3, -0.25) is 4.79 Å². The molecule has 0 saturated heterocycles. The summed E-state index contributed by atoms with van der Waals surface area (Å²) in [5.41, 5.74) is 0.0533. The molecule has 0 amide bonds. The van der Waals surface area contributed by atoms with Crippen LogP contribution in [0, 0.1) is 0 Å². The topological polar surface area (TPSA) is 122 Å². The lowest BCUT2D eigenvalue weighted by atomic mass is 10.2. The fourth-order valence-electron chi connectivity index (χ4n) is 1.80. The Kier molecular flexibility index (Phi) is 4.45. The van der Waals surface area contributed by atoms with Gasteiger partial charge in [0.15, 0.2) is 11.0 Å². The smallest absolute Gasteiger partial charge is 0.321 e. The van der Waals surface area contributed by atoms with Crippen LogP contribution in [-0.4, -0.2) is 35.8 Å². The number of nitrogens with zero attached hydrogens (tertiary/aromatic N) is 2. The van der Waals surface area contributed by atoms with E-state index in [0.29, 0.717) is 6.42 Å². The molecule has 0 radical (unpaired) electrons. The van der Waals surface area contributed by atoms with E-state index in [1.54, 1.807) is 6.92 Å². The zero-order valence-electron chi connectivity index (χ0n) is 10.9. The molecular formula is C11H12ClN3O5S. The Balaban J connectivity index is 2.44. The molecule has 21 heavy (non-hydrogen) atoms. The van der Waals surface area contributed by atoms with Crippen LogP contribution in [-0.2, 0) is 14.8 Å². The van der Waals surface area contributed by atoms with Crippen molar-refractivity contribution in [3.8, 4) is 0 Å². The SMILES string of the molecule is CCCC(NS(=O)(=O)c1ccc(Cl)c2nonc12)C(=O)O. The molecule has 0 aliphatic rings. The standard InChI is InChI=1S/C11H12ClN3O5S/c1-2-3-7(11(16)17)15-21(18,19)8-5-4-6(12)9-10(8)14-20-13-9/h4-5,7,15H,2-3H2,1H3,(H,16,17). The van der Waals surface area contributed by atoms with Crippen LogP contribution in [0.3, 0.4) is 0 Å². The summed E-state index contributed by atoms with van der Waals surface area (Å²) in [6.45, 7) is 1.76. The minimum absolute atomic E-state index is 0.0457. The van der Waals surface area contributed by atoms with E-state index in [0.717, 1.165) is 0 Å². The highest BCUT2D eigenvalue weighted by Crippen LogP contribution is 2.26. The summed E-state index contributed by atoms with van der Waals surface area (Å²) in [4.78, 5) is 10.8. The van der Waals surface area contributed by atoms with Gasteiger partial charge in [-0.1, -0.05) is 24.9 Å². The molecule has 0 saturated carbocycles. The van der Waals surface area contributed by atoms with E-state index in [1.165, 1.54) is 12.1 Å². The second-order valence-corrected chi connectivity index (χ2v) is 6.40. The number of aromatic nitrogens is 2. The van der Waals surface area contributed by atoms with Crippen LogP contribution in [0.15, 0.2) is 21.7 Å². The summed E-state index contributed by atoms with van der Waals surface area (Å²) >= 11 is 5.85. The Morgan fingerprint density at radius 1 is 1.43 bits per heavy atom. The minimum atomic E-state index is -4.09. The van der Waals surface area contributed by atoms with Crippen LogP contribution in [0.25, 0.3) is 11.0 Å². The largest absolute Gasteiger partial charge is 0.480 e. The van der Waals surface area contributed by atoms with Gasteiger partial charge in [-0.2, -0.15) is 4.72 Å². The predicted molar refractivity (Wildman–Crippen MR) is 73.5 cm³/mol. The molecular weight excluding hydrogens is 322 g/mol. The van der Waals surface area contributed by atoms with Gasteiger partial charge in [0.2, 0.25) is 10.0 Å². The number of carboxylic acids is 1. The summed E-state index contributed by atoms with van der Waals surface area (Å²) in [6.07, 6.45) is 0.684. The van der Waals surface area contributed by atoms with Crippen molar-refractivity contribution in [3.05, 3.63) is 17.2 Å². The number of carboxylic acid groups (broad SMARTS) is 1. The number of benzene rings is 1. The van der Waals surface area contributed by atoms with Gasteiger partial charge in [-0.25, -0.2) is 13.0 Å². The molecule has 0 aliphatic heterocycles. The van der Waals surface area contributed by atoms with Crippen LogP contribution in [0.2, 0.25) is 5.02 Å². The molecule has 0 fully saturated rings. The quantitative estimate of drug-likeness (QED) is 0.819. The van der Waals surface area contributed by atoms with E-state index in [1.807, 2.05) is 0 Å². The lowest BCUT2D eigenvalue weighted by Crippen LogP contribution is -2.40. The number of fused-ring (bicyclic) bond motifs is 1. The molecule has 8 nitrogen and oxygen atoms in total. The highest BCUT2D eigenvalue weighted by Gasteiger charge is 2.28. The van der Waals surface area contributed by atoms with E-state index in [9.17, 15) is 13.2 Å². The molecule has 1 aromatic heterocycles. The lowest BCUT2D eigenvalue weighted by molar-refractivity contribution is -0.139. The molecule has 10 heteroatoms. The van der Waals surface area contributed by atoms with Crippen LogP contribution in [0.4, 0.5) is 0 Å². The van der Waals surface area contributed by atoms with Gasteiger partial charge in [0.25, 0.3) is 0 Å². The Bertz CT molecular complexity index is 773. The second kappa shape index (κ2) is 5.96. The van der Waals surface area contributed by atoms with Crippen molar-refractivity contribution in [2.24, 2.45) is 0 Å². The highest BCUT2D eigenvalue weighted by atomic mass is 35.5. The summed E-state index contributed by atoms with van der Waals surface area (Å²) in [5.74, 6) is -1.25. The normalized spacial score (nSPS) is 13.4. The van der Waals surface area contributed by atoms with E-state index in [4.69, 9.17) is 16.7 Å². The number of rotatable bonds is 6. The molecule has 0 aliphatic carbocycles. The molecule has 0 spiro atoms. The maximum atomic E-state index is 12.3. The fraction of sp³-hybridized carbons (Fsp3) is 0.364. The van der Waals surface area contributed by atoms with Crippen LogP contribution >= 0.6 is 11.6 Å². The first-order valence-electron chi connectivity index (χ1n) is 6.02. The van der Waals surface area contributed by atoms with Gasteiger partial charge < -0.3 is 5.11 Å². The molecule has 1 aromatic carbocycles. The Labute approximate surface area is 125 Å². The van der Waals surface area contributed by atoms with Gasteiger partial charge in [0.05, 0.1) is 5.02 Å². The first kappa shape index (κ1) is 15.7. The molecule has 1 atom stereocenters. The van der Waals surface area contributed by atoms with Crippen molar-refractivity contribution in [1.82, 2.24) is 15.0 Å². The molecule has 2 aromatic rings. The Morgan fingerprint density at radius 3 is 2.71 bits per heavy atom. The molecule has 2 rings (SSSR count). The van der Waals surface area contributed by atoms with Crippen molar-refractivity contribution in [2.75, 3.05) is 0 Å². The molecule has 2 N–H and O–H groups in total. The maximum absolute atomic E-state index is 12.3. The zero-order valence-corrected chi connectivity index (χ0v) is 12.5. The van der Waals surface area contributed by atoms with Crippen molar-refractivity contribution in [2.45, 2.75) is 30.7 Å².